The van der Waals surface area contributed by atoms with Crippen LogP contribution in [0.5, 0.6) is 5.75 Å². The molecule has 2 aromatic heterocycles. The Morgan fingerprint density at radius 3 is 2.46 bits per heavy atom. The number of nitrogens with zero attached hydrogens (tertiary/aromatic N) is 4. The van der Waals surface area contributed by atoms with Crippen LogP contribution in [0.15, 0.2) is 53.1 Å². The van der Waals surface area contributed by atoms with Crippen LogP contribution >= 0.6 is 0 Å². The molecule has 0 fully saturated rings. The second kappa shape index (κ2) is 9.18. The fraction of sp³-hybridized carbons (Fsp3) is 0.320. The summed E-state index contributed by atoms with van der Waals surface area (Å²) in [5.41, 5.74) is 3.42. The first-order chi connectivity index (χ1) is 16.4. The molecular formula is C25H25F3N4O3. The van der Waals surface area contributed by atoms with E-state index >= 15 is 0 Å². The van der Waals surface area contributed by atoms with Crippen LogP contribution in [0.25, 0.3) is 23.0 Å². The molecule has 0 radical (unpaired) electrons. The lowest BCUT2D eigenvalue weighted by Crippen LogP contribution is -2.21. The Labute approximate surface area is 200 Å². The predicted octanol–water partition coefficient (Wildman–Crippen LogP) is 5.48. The first kappa shape index (κ1) is 24.5. The molecule has 0 aliphatic carbocycles. The van der Waals surface area contributed by atoms with Gasteiger partial charge >= 0.3 is 6.36 Å². The zero-order chi connectivity index (χ0) is 25.4. The molecule has 0 saturated carbocycles. The normalized spacial score (nSPS) is 12.2. The Bertz CT molecular complexity index is 1340. The van der Waals surface area contributed by atoms with Gasteiger partial charge in [-0.3, -0.25) is 4.68 Å². The van der Waals surface area contributed by atoms with E-state index in [2.05, 4.69) is 20.0 Å². The smallest absolute Gasteiger partial charge is 0.406 e. The van der Waals surface area contributed by atoms with Crippen molar-refractivity contribution < 1.29 is 27.5 Å². The van der Waals surface area contributed by atoms with E-state index in [0.717, 1.165) is 16.8 Å². The maximum Gasteiger partial charge on any atom is 0.573 e. The number of aliphatic hydroxyl groups is 1. The maximum absolute atomic E-state index is 12.5. The Kier molecular flexibility index (Phi) is 6.42. The van der Waals surface area contributed by atoms with Gasteiger partial charge in [0.2, 0.25) is 5.82 Å². The predicted molar refractivity (Wildman–Crippen MR) is 123 cm³/mol. The quantitative estimate of drug-likeness (QED) is 0.372. The van der Waals surface area contributed by atoms with Gasteiger partial charge in [-0.15, -0.1) is 13.2 Å². The summed E-state index contributed by atoms with van der Waals surface area (Å²) >= 11 is 0. The van der Waals surface area contributed by atoms with Crippen LogP contribution in [0.2, 0.25) is 0 Å². The highest BCUT2D eigenvalue weighted by atomic mass is 19.4. The monoisotopic (exact) mass is 486 g/mol. The molecule has 2 heterocycles. The maximum atomic E-state index is 12.5. The summed E-state index contributed by atoms with van der Waals surface area (Å²) in [6.45, 7) is 7.49. The van der Waals surface area contributed by atoms with Crippen LogP contribution in [-0.4, -0.2) is 37.0 Å². The van der Waals surface area contributed by atoms with Gasteiger partial charge in [-0.05, 0) is 68.7 Å². The average Bonchev–Trinajstić information content (AvgIpc) is 3.35. The summed E-state index contributed by atoms with van der Waals surface area (Å²) in [5.74, 6) is 0.144. The summed E-state index contributed by atoms with van der Waals surface area (Å²) in [5, 5.41) is 18.6. The molecule has 0 aliphatic heterocycles. The van der Waals surface area contributed by atoms with E-state index < -0.39 is 12.0 Å². The van der Waals surface area contributed by atoms with Crippen molar-refractivity contribution in [3.05, 3.63) is 70.9 Å². The molecule has 4 rings (SSSR count). The van der Waals surface area contributed by atoms with Crippen molar-refractivity contribution in [2.75, 3.05) is 0 Å². The number of aryl methyl sites for hydroxylation is 2. The summed E-state index contributed by atoms with van der Waals surface area (Å²) in [4.78, 5) is 4.37. The minimum Gasteiger partial charge on any atom is -0.406 e. The SMILES string of the molecule is Cc1cc(-c2noc(-c3cc(C)n(Cc4cccc(CC(C)(C)O)c4)n3)n2)ccc1OC(F)(F)F. The van der Waals surface area contributed by atoms with Crippen LogP contribution < -0.4 is 4.74 Å². The van der Waals surface area contributed by atoms with Crippen molar-refractivity contribution in [1.29, 1.82) is 0 Å². The van der Waals surface area contributed by atoms with Gasteiger partial charge in [0.1, 0.15) is 5.75 Å². The summed E-state index contributed by atoms with van der Waals surface area (Å²) in [7, 11) is 0. The van der Waals surface area contributed by atoms with Crippen molar-refractivity contribution in [2.24, 2.45) is 0 Å². The number of alkyl halides is 3. The molecule has 4 aromatic rings. The van der Waals surface area contributed by atoms with Gasteiger partial charge in [-0.25, -0.2) is 0 Å². The van der Waals surface area contributed by atoms with Gasteiger partial charge in [0.05, 0.1) is 12.1 Å². The molecule has 0 aliphatic rings. The third-order valence-corrected chi connectivity index (χ3v) is 5.25. The van der Waals surface area contributed by atoms with E-state index in [1.54, 1.807) is 13.8 Å². The molecule has 0 atom stereocenters. The van der Waals surface area contributed by atoms with Gasteiger partial charge in [0, 0.05) is 17.7 Å². The first-order valence-electron chi connectivity index (χ1n) is 10.9. The van der Waals surface area contributed by atoms with Crippen LogP contribution in [0.4, 0.5) is 13.2 Å². The van der Waals surface area contributed by atoms with Crippen molar-refractivity contribution in [3.63, 3.8) is 0 Å². The van der Waals surface area contributed by atoms with Crippen molar-refractivity contribution >= 4 is 0 Å². The number of aromatic nitrogens is 4. The van der Waals surface area contributed by atoms with Crippen molar-refractivity contribution in [3.8, 4) is 28.7 Å². The Balaban J connectivity index is 1.52. The van der Waals surface area contributed by atoms with Crippen molar-refractivity contribution in [1.82, 2.24) is 19.9 Å². The van der Waals surface area contributed by atoms with E-state index in [1.807, 2.05) is 41.9 Å². The fourth-order valence-corrected chi connectivity index (χ4v) is 3.76. The van der Waals surface area contributed by atoms with Crippen LogP contribution in [-0.2, 0) is 13.0 Å². The van der Waals surface area contributed by atoms with Gasteiger partial charge in [-0.1, -0.05) is 29.4 Å². The summed E-state index contributed by atoms with van der Waals surface area (Å²) in [6, 6.07) is 13.9. The van der Waals surface area contributed by atoms with Gasteiger partial charge in [-0.2, -0.15) is 10.1 Å². The molecule has 0 saturated heterocycles. The van der Waals surface area contributed by atoms with Crippen molar-refractivity contribution in [2.45, 2.75) is 52.6 Å². The van der Waals surface area contributed by atoms with E-state index in [0.29, 0.717) is 24.2 Å². The van der Waals surface area contributed by atoms with E-state index in [4.69, 9.17) is 4.52 Å². The molecular weight excluding hydrogens is 461 g/mol. The molecule has 35 heavy (non-hydrogen) atoms. The highest BCUT2D eigenvalue weighted by Crippen LogP contribution is 2.30. The van der Waals surface area contributed by atoms with E-state index in [-0.39, 0.29) is 23.0 Å². The molecule has 7 nitrogen and oxygen atoms in total. The van der Waals surface area contributed by atoms with E-state index in [9.17, 15) is 18.3 Å². The molecule has 0 bridgehead atoms. The topological polar surface area (TPSA) is 86.2 Å². The molecule has 184 valence electrons. The number of halogens is 3. The number of rotatable bonds is 7. The first-order valence-corrected chi connectivity index (χ1v) is 10.9. The Morgan fingerprint density at radius 2 is 1.77 bits per heavy atom. The summed E-state index contributed by atoms with van der Waals surface area (Å²) < 4.78 is 48.7. The second-order valence-corrected chi connectivity index (χ2v) is 9.09. The molecule has 10 heteroatoms. The second-order valence-electron chi connectivity index (χ2n) is 9.09. The van der Waals surface area contributed by atoms with Crippen LogP contribution in [0, 0.1) is 13.8 Å². The summed E-state index contributed by atoms with van der Waals surface area (Å²) in [6.07, 6.45) is -4.23. The number of hydrogen-bond acceptors (Lipinski definition) is 6. The zero-order valence-electron chi connectivity index (χ0n) is 19.7. The number of ether oxygens (including phenoxy) is 1. The Hall–Kier alpha value is -3.66. The number of hydrogen-bond donors (Lipinski definition) is 1. The van der Waals surface area contributed by atoms with Crippen LogP contribution in [0.1, 0.15) is 36.2 Å². The minimum atomic E-state index is -4.76. The number of benzene rings is 2. The van der Waals surface area contributed by atoms with Crippen LogP contribution in [0.3, 0.4) is 0 Å². The third-order valence-electron chi connectivity index (χ3n) is 5.25. The molecule has 2 aromatic carbocycles. The minimum absolute atomic E-state index is 0.200. The van der Waals surface area contributed by atoms with E-state index in [1.165, 1.54) is 25.1 Å². The lowest BCUT2D eigenvalue weighted by molar-refractivity contribution is -0.274. The van der Waals surface area contributed by atoms with Gasteiger partial charge < -0.3 is 14.4 Å². The lowest BCUT2D eigenvalue weighted by Gasteiger charge is -2.17. The molecule has 0 amide bonds. The molecule has 0 unspecified atom stereocenters. The van der Waals surface area contributed by atoms with Gasteiger partial charge in [0.25, 0.3) is 5.89 Å². The standard InChI is InChI=1S/C25H25F3N4O3/c1-15-10-19(8-9-21(15)34-25(26,27)28)22-29-23(35-31-22)20-11-16(2)32(30-20)14-18-7-5-6-17(12-18)13-24(3,4)33/h5-12,33H,13-14H2,1-4H3. The average molecular weight is 486 g/mol. The fourth-order valence-electron chi connectivity index (χ4n) is 3.76. The highest BCUT2D eigenvalue weighted by Gasteiger charge is 2.31. The highest BCUT2D eigenvalue weighted by molar-refractivity contribution is 5.60. The largest absolute Gasteiger partial charge is 0.573 e. The third kappa shape index (κ3) is 6.27. The lowest BCUT2D eigenvalue weighted by atomic mass is 9.97. The zero-order valence-corrected chi connectivity index (χ0v) is 19.7. The van der Waals surface area contributed by atoms with Gasteiger partial charge in [0.15, 0.2) is 5.69 Å². The Morgan fingerprint density at radius 1 is 1.03 bits per heavy atom. The molecule has 1 N–H and O–H groups in total. The molecule has 0 spiro atoms.